The van der Waals surface area contributed by atoms with Crippen LogP contribution in [0.3, 0.4) is 0 Å². The van der Waals surface area contributed by atoms with E-state index in [4.69, 9.17) is 23.2 Å². The number of nitrogens with one attached hydrogen (secondary N) is 1. The first kappa shape index (κ1) is 16.1. The third-order valence-corrected chi connectivity index (χ3v) is 5.19. The van der Waals surface area contributed by atoms with Crippen molar-refractivity contribution in [1.29, 1.82) is 0 Å². The van der Waals surface area contributed by atoms with Crippen LogP contribution in [0.25, 0.3) is 0 Å². The van der Waals surface area contributed by atoms with Crippen LogP contribution in [0.2, 0.25) is 10.0 Å². The smallest absolute Gasteiger partial charge is 0.0465 e. The van der Waals surface area contributed by atoms with Gasteiger partial charge in [0.05, 0.1) is 0 Å². The zero-order chi connectivity index (χ0) is 14.8. The van der Waals surface area contributed by atoms with Crippen molar-refractivity contribution in [3.8, 4) is 0 Å². The highest BCUT2D eigenvalue weighted by atomic mass is 35.5. The molecule has 1 fully saturated rings. The Hall–Kier alpha value is -0.280. The summed E-state index contributed by atoms with van der Waals surface area (Å²) in [5.74, 6) is 0. The summed E-state index contributed by atoms with van der Waals surface area (Å²) >= 11 is 12.3. The van der Waals surface area contributed by atoms with E-state index in [1.54, 1.807) is 0 Å². The molecule has 0 bridgehead atoms. The average Bonchev–Trinajstić information content (AvgIpc) is 2.44. The highest BCUT2D eigenvalue weighted by molar-refractivity contribution is 6.35. The predicted molar refractivity (Wildman–Crippen MR) is 87.6 cm³/mol. The maximum absolute atomic E-state index is 6.33. The molecule has 2 nitrogen and oxygen atoms in total. The first-order valence-corrected chi connectivity index (χ1v) is 8.16. The van der Waals surface area contributed by atoms with Crippen molar-refractivity contribution in [2.24, 2.45) is 0 Å². The fourth-order valence-electron chi connectivity index (χ4n) is 2.76. The Morgan fingerprint density at radius 1 is 1.35 bits per heavy atom. The molecule has 4 heteroatoms. The number of nitrogens with zero attached hydrogens (tertiary/aromatic N) is 1. The molecule has 1 aliphatic rings. The maximum atomic E-state index is 6.33. The molecule has 1 N–H and O–H groups in total. The van der Waals surface area contributed by atoms with Gasteiger partial charge >= 0.3 is 0 Å². The summed E-state index contributed by atoms with van der Waals surface area (Å²) in [5, 5.41) is 5.12. The largest absolute Gasteiger partial charge is 0.311 e. The molecular weight excluding hydrogens is 291 g/mol. The van der Waals surface area contributed by atoms with Crippen molar-refractivity contribution < 1.29 is 0 Å². The lowest BCUT2D eigenvalue weighted by Crippen LogP contribution is -2.62. The van der Waals surface area contributed by atoms with Gasteiger partial charge in [0.25, 0.3) is 0 Å². The fourth-order valence-corrected chi connectivity index (χ4v) is 3.23. The average molecular weight is 315 g/mol. The van der Waals surface area contributed by atoms with Crippen LogP contribution in [0.15, 0.2) is 18.2 Å². The molecule has 0 amide bonds. The lowest BCUT2D eigenvalue weighted by molar-refractivity contribution is 0.0408. The van der Waals surface area contributed by atoms with Crippen molar-refractivity contribution in [2.45, 2.75) is 51.7 Å². The second kappa shape index (κ2) is 6.65. The zero-order valence-electron chi connectivity index (χ0n) is 12.5. The molecule has 0 radical (unpaired) electrons. The highest BCUT2D eigenvalue weighted by Crippen LogP contribution is 2.29. The minimum Gasteiger partial charge on any atom is -0.311 e. The van der Waals surface area contributed by atoms with Gasteiger partial charge in [0, 0.05) is 41.3 Å². The van der Waals surface area contributed by atoms with Crippen molar-refractivity contribution in [2.75, 3.05) is 13.1 Å². The van der Waals surface area contributed by atoms with Gasteiger partial charge in [-0.05, 0) is 37.5 Å². The third kappa shape index (κ3) is 3.48. The number of piperazine rings is 1. The van der Waals surface area contributed by atoms with Gasteiger partial charge in [-0.1, -0.05) is 43.1 Å². The summed E-state index contributed by atoms with van der Waals surface area (Å²) in [6, 6.07) is 6.37. The van der Waals surface area contributed by atoms with Crippen molar-refractivity contribution in [3.63, 3.8) is 0 Å². The van der Waals surface area contributed by atoms with Gasteiger partial charge in [-0.15, -0.1) is 0 Å². The van der Waals surface area contributed by atoms with Gasteiger partial charge in [-0.25, -0.2) is 0 Å². The maximum Gasteiger partial charge on any atom is 0.0465 e. The van der Waals surface area contributed by atoms with Crippen LogP contribution in [-0.2, 0) is 6.54 Å². The number of hydrogen-bond donors (Lipinski definition) is 1. The molecule has 20 heavy (non-hydrogen) atoms. The molecular formula is C16H24Cl2N2. The predicted octanol–water partition coefficient (Wildman–Crippen LogP) is 4.35. The number of rotatable bonds is 4. The third-order valence-electron chi connectivity index (χ3n) is 4.61. The second-order valence-corrected chi connectivity index (χ2v) is 6.80. The molecule has 112 valence electrons. The molecule has 2 unspecified atom stereocenters. The van der Waals surface area contributed by atoms with E-state index in [9.17, 15) is 0 Å². The standard InChI is InChI=1S/C16H24Cl2N2/c1-4-14-10-20(16(3,5-2)11-19-14)9-12-6-7-13(17)8-15(12)18/h6-8,14,19H,4-5,9-11H2,1-3H3. The van der Waals surface area contributed by atoms with Crippen LogP contribution < -0.4 is 5.32 Å². The van der Waals surface area contributed by atoms with E-state index >= 15 is 0 Å². The van der Waals surface area contributed by atoms with E-state index < -0.39 is 0 Å². The Kier molecular flexibility index (Phi) is 5.36. The normalized spacial score (nSPS) is 27.8. The molecule has 0 saturated carbocycles. The number of benzene rings is 1. The van der Waals surface area contributed by atoms with Gasteiger partial charge in [0.1, 0.15) is 0 Å². The SMILES string of the molecule is CCC1CN(Cc2ccc(Cl)cc2Cl)C(C)(CC)CN1. The summed E-state index contributed by atoms with van der Waals surface area (Å²) in [7, 11) is 0. The molecule has 2 rings (SSSR count). The lowest BCUT2D eigenvalue weighted by atomic mass is 9.91. The van der Waals surface area contributed by atoms with E-state index in [1.807, 2.05) is 18.2 Å². The molecule has 0 aromatic heterocycles. The topological polar surface area (TPSA) is 15.3 Å². The summed E-state index contributed by atoms with van der Waals surface area (Å²) in [4.78, 5) is 2.56. The van der Waals surface area contributed by atoms with E-state index in [1.165, 1.54) is 0 Å². The van der Waals surface area contributed by atoms with Crippen LogP contribution in [0.1, 0.15) is 39.2 Å². The zero-order valence-corrected chi connectivity index (χ0v) is 14.1. The summed E-state index contributed by atoms with van der Waals surface area (Å²) in [6.07, 6.45) is 2.28. The summed E-state index contributed by atoms with van der Waals surface area (Å²) in [6.45, 7) is 9.81. The van der Waals surface area contributed by atoms with Gasteiger partial charge in [0.15, 0.2) is 0 Å². The van der Waals surface area contributed by atoms with Crippen molar-refractivity contribution in [1.82, 2.24) is 10.2 Å². The van der Waals surface area contributed by atoms with Crippen LogP contribution in [-0.4, -0.2) is 29.6 Å². The van der Waals surface area contributed by atoms with Crippen molar-refractivity contribution >= 4 is 23.2 Å². The first-order chi connectivity index (χ1) is 9.48. The van der Waals surface area contributed by atoms with Gasteiger partial charge < -0.3 is 5.32 Å². The summed E-state index contributed by atoms with van der Waals surface area (Å²) < 4.78 is 0. The number of hydrogen-bond acceptors (Lipinski definition) is 2. The van der Waals surface area contributed by atoms with Gasteiger partial charge in [-0.3, -0.25) is 4.90 Å². The van der Waals surface area contributed by atoms with Crippen LogP contribution in [0.4, 0.5) is 0 Å². The van der Waals surface area contributed by atoms with Crippen molar-refractivity contribution in [3.05, 3.63) is 33.8 Å². The Bertz CT molecular complexity index is 464. The van der Waals surface area contributed by atoms with E-state index in [0.717, 1.165) is 43.1 Å². The van der Waals surface area contributed by atoms with E-state index in [0.29, 0.717) is 11.1 Å². The molecule has 0 aliphatic carbocycles. The lowest BCUT2D eigenvalue weighted by Gasteiger charge is -2.48. The molecule has 0 spiro atoms. The monoisotopic (exact) mass is 314 g/mol. The van der Waals surface area contributed by atoms with Gasteiger partial charge in [-0.2, -0.15) is 0 Å². The van der Waals surface area contributed by atoms with E-state index in [2.05, 4.69) is 31.0 Å². The minimum atomic E-state index is 0.189. The fraction of sp³-hybridized carbons (Fsp3) is 0.625. The highest BCUT2D eigenvalue weighted by Gasteiger charge is 2.35. The quantitative estimate of drug-likeness (QED) is 0.889. The van der Waals surface area contributed by atoms with Crippen LogP contribution in [0.5, 0.6) is 0 Å². The van der Waals surface area contributed by atoms with Crippen LogP contribution in [0, 0.1) is 0 Å². The number of halogens is 2. The van der Waals surface area contributed by atoms with Gasteiger partial charge in [0.2, 0.25) is 0 Å². The first-order valence-electron chi connectivity index (χ1n) is 7.41. The molecule has 1 aliphatic heterocycles. The molecule has 1 saturated heterocycles. The Morgan fingerprint density at radius 3 is 2.70 bits per heavy atom. The second-order valence-electron chi connectivity index (χ2n) is 5.95. The molecule has 2 atom stereocenters. The van der Waals surface area contributed by atoms with E-state index in [-0.39, 0.29) is 5.54 Å². The minimum absolute atomic E-state index is 0.189. The molecule has 1 aromatic rings. The van der Waals surface area contributed by atoms with Crippen LogP contribution >= 0.6 is 23.2 Å². The summed E-state index contributed by atoms with van der Waals surface area (Å²) in [5.41, 5.74) is 1.35. The Labute approximate surface area is 132 Å². The Balaban J connectivity index is 2.18. The Morgan fingerprint density at radius 2 is 2.10 bits per heavy atom. The molecule has 1 aromatic carbocycles. The molecule has 1 heterocycles.